The first-order chi connectivity index (χ1) is 6.15. The Labute approximate surface area is 74.5 Å². The van der Waals surface area contributed by atoms with Crippen molar-refractivity contribution in [2.75, 3.05) is 13.1 Å². The highest BCUT2D eigenvalue weighted by atomic mass is 16.4. The second-order valence-corrected chi connectivity index (χ2v) is 2.69. The molecule has 1 rings (SSSR count). The van der Waals surface area contributed by atoms with Crippen LogP contribution in [0.3, 0.4) is 0 Å². The van der Waals surface area contributed by atoms with Gasteiger partial charge in [0, 0.05) is 13.1 Å². The molecule has 1 fully saturated rings. The van der Waals surface area contributed by atoms with Crippen molar-refractivity contribution in [2.24, 2.45) is 0 Å². The van der Waals surface area contributed by atoms with E-state index < -0.39 is 17.9 Å². The second kappa shape index (κ2) is 3.88. The third-order valence-corrected chi connectivity index (χ3v) is 1.82. The van der Waals surface area contributed by atoms with Crippen LogP contribution >= 0.6 is 0 Å². The summed E-state index contributed by atoms with van der Waals surface area (Å²) in [6.07, 6.45) is 1.17. The van der Waals surface area contributed by atoms with E-state index in [4.69, 9.17) is 5.11 Å². The number of nitrogens with one attached hydrogen (secondary N) is 1. The summed E-state index contributed by atoms with van der Waals surface area (Å²) >= 11 is 0. The fraction of sp³-hybridized carbons (Fsp3) is 0.571. The smallest absolute Gasteiger partial charge is 0.312 e. The van der Waals surface area contributed by atoms with E-state index in [2.05, 4.69) is 5.32 Å². The molecule has 0 bridgehead atoms. The lowest BCUT2D eigenvalue weighted by molar-refractivity contribution is -0.141. The van der Waals surface area contributed by atoms with Gasteiger partial charge in [-0.25, -0.2) is 0 Å². The Hall–Kier alpha value is -1.59. The largest absolute Gasteiger partial charge is 0.481 e. The van der Waals surface area contributed by atoms with Gasteiger partial charge in [-0.2, -0.15) is 0 Å². The normalized spacial score (nSPS) is 22.3. The zero-order valence-electron chi connectivity index (χ0n) is 6.82. The summed E-state index contributed by atoms with van der Waals surface area (Å²) < 4.78 is 0. The van der Waals surface area contributed by atoms with Crippen LogP contribution in [0.25, 0.3) is 0 Å². The van der Waals surface area contributed by atoms with E-state index >= 15 is 0 Å². The van der Waals surface area contributed by atoms with Crippen LogP contribution in [0.4, 0.5) is 0 Å². The lowest BCUT2D eigenvalue weighted by Gasteiger charge is -2.30. The number of carbonyl (C=O) groups is 2. The number of carboxylic acid groups (broad SMARTS) is 1. The monoisotopic (exact) mass is 185 g/mol. The summed E-state index contributed by atoms with van der Waals surface area (Å²) in [5.74, 6) is -1.54. The number of hydrogen-bond donors (Lipinski definition) is 2. The Morgan fingerprint density at radius 1 is 1.77 bits per heavy atom. The number of piperazine rings is 1. The van der Waals surface area contributed by atoms with Gasteiger partial charge in [-0.1, -0.05) is 0 Å². The Morgan fingerprint density at radius 3 is 3.00 bits per heavy atom. The minimum atomic E-state index is -1.11. The van der Waals surface area contributed by atoms with Crippen LogP contribution in [0, 0.1) is 0 Å². The van der Waals surface area contributed by atoms with Gasteiger partial charge in [-0.15, -0.1) is 0 Å². The van der Waals surface area contributed by atoms with Gasteiger partial charge in [-0.05, 0) is 0 Å². The number of carbonyl (C=O) groups excluding carboxylic acids is 2. The van der Waals surface area contributed by atoms with Crippen LogP contribution < -0.4 is 5.32 Å². The highest BCUT2D eigenvalue weighted by Crippen LogP contribution is 2.05. The summed E-state index contributed by atoms with van der Waals surface area (Å²) in [7, 11) is 0. The Morgan fingerprint density at radius 2 is 2.46 bits per heavy atom. The summed E-state index contributed by atoms with van der Waals surface area (Å²) in [5, 5.41) is 10.9. The van der Waals surface area contributed by atoms with Gasteiger partial charge in [0.2, 0.25) is 5.91 Å². The maximum Gasteiger partial charge on any atom is 0.312 e. The molecule has 1 aliphatic heterocycles. The average molecular weight is 185 g/mol. The molecule has 1 aliphatic rings. The lowest BCUT2D eigenvalue weighted by Crippen LogP contribution is -2.55. The molecule has 0 saturated carbocycles. The molecule has 6 nitrogen and oxygen atoms in total. The Bertz CT molecular complexity index is 241. The topological polar surface area (TPSA) is 86.7 Å². The summed E-state index contributed by atoms with van der Waals surface area (Å²) in [6, 6.07) is -0.913. The van der Waals surface area contributed by atoms with Crippen LogP contribution in [0.2, 0.25) is 0 Å². The van der Waals surface area contributed by atoms with Crippen LogP contribution in [0.15, 0.2) is 0 Å². The predicted molar refractivity (Wildman–Crippen MR) is 41.5 cm³/mol. The predicted octanol–water partition coefficient (Wildman–Crippen LogP) is -1.67. The quantitative estimate of drug-likeness (QED) is 0.550. The molecule has 1 saturated heterocycles. The molecule has 0 aromatic carbocycles. The molecule has 0 aliphatic carbocycles. The second-order valence-electron chi connectivity index (χ2n) is 2.69. The summed E-state index contributed by atoms with van der Waals surface area (Å²) in [6.45, 7) is 0.664. The highest BCUT2D eigenvalue weighted by molar-refractivity contribution is 5.88. The molecule has 0 aromatic heterocycles. The number of aliphatic carboxylic acids is 1. The van der Waals surface area contributed by atoms with E-state index in [0.717, 1.165) is 4.90 Å². The van der Waals surface area contributed by atoms with E-state index in [1.54, 1.807) is 6.41 Å². The lowest BCUT2D eigenvalue weighted by atomic mass is 10.1. The fourth-order valence-electron chi connectivity index (χ4n) is 1.19. The summed E-state index contributed by atoms with van der Waals surface area (Å²) in [5.41, 5.74) is 0. The van der Waals surface area contributed by atoms with Gasteiger partial charge >= 0.3 is 12.4 Å². The average Bonchev–Trinajstić information content (AvgIpc) is 2.08. The number of rotatable bonds is 3. The maximum atomic E-state index is 11.1. The van der Waals surface area contributed by atoms with Crippen molar-refractivity contribution in [2.45, 2.75) is 12.5 Å². The molecule has 1 atom stereocenters. The molecule has 0 spiro atoms. The first-order valence-electron chi connectivity index (χ1n) is 3.79. The molecule has 6 heteroatoms. The van der Waals surface area contributed by atoms with Crippen molar-refractivity contribution in [1.82, 2.24) is 10.2 Å². The minimum Gasteiger partial charge on any atom is -0.481 e. The number of nitrogens with zero attached hydrogens (tertiary/aromatic N) is 1. The maximum absolute atomic E-state index is 11.1. The van der Waals surface area contributed by atoms with Crippen molar-refractivity contribution in [3.05, 3.63) is 0 Å². The molecule has 2 N–H and O–H groups in total. The van der Waals surface area contributed by atoms with E-state index in [-0.39, 0.29) is 6.42 Å². The van der Waals surface area contributed by atoms with E-state index in [0.29, 0.717) is 13.1 Å². The number of hydrogen-bond acceptors (Lipinski definition) is 3. The molecule has 2 amide bonds. The molecule has 1 heterocycles. The van der Waals surface area contributed by atoms with Crippen molar-refractivity contribution < 1.29 is 19.5 Å². The molecular weight excluding hydrogens is 176 g/mol. The SMILES string of the molecule is O=[C]N1CCNC(=O)C1CC(=O)O. The van der Waals surface area contributed by atoms with E-state index in [1.807, 2.05) is 0 Å². The first kappa shape index (κ1) is 9.50. The molecule has 0 aromatic rings. The summed E-state index contributed by atoms with van der Waals surface area (Å²) in [4.78, 5) is 32.8. The van der Waals surface area contributed by atoms with Crippen molar-refractivity contribution in [3.63, 3.8) is 0 Å². The van der Waals surface area contributed by atoms with Gasteiger partial charge < -0.3 is 15.3 Å². The van der Waals surface area contributed by atoms with E-state index in [1.165, 1.54) is 0 Å². The van der Waals surface area contributed by atoms with Crippen molar-refractivity contribution in [1.29, 1.82) is 0 Å². The molecular formula is C7H9N2O4. The van der Waals surface area contributed by atoms with Crippen LogP contribution in [-0.2, 0) is 14.4 Å². The fourth-order valence-corrected chi connectivity index (χ4v) is 1.19. The highest BCUT2D eigenvalue weighted by Gasteiger charge is 2.30. The molecule has 71 valence electrons. The van der Waals surface area contributed by atoms with Crippen molar-refractivity contribution in [3.8, 4) is 0 Å². The number of amides is 2. The van der Waals surface area contributed by atoms with Crippen LogP contribution in [-0.4, -0.2) is 47.4 Å². The Kier molecular flexibility index (Phi) is 2.84. The third kappa shape index (κ3) is 2.17. The Balaban J connectivity index is 2.67. The molecule has 1 radical (unpaired) electrons. The number of carboxylic acids is 1. The zero-order valence-corrected chi connectivity index (χ0v) is 6.82. The van der Waals surface area contributed by atoms with Crippen LogP contribution in [0.5, 0.6) is 0 Å². The standard InChI is InChI=1S/C7H9N2O4/c10-4-9-2-1-8-7(13)5(9)3-6(11)12/h5H,1-3H2,(H,8,13)(H,11,12). The van der Waals surface area contributed by atoms with E-state index in [9.17, 15) is 14.4 Å². The van der Waals surface area contributed by atoms with Gasteiger partial charge in [0.1, 0.15) is 6.04 Å². The minimum absolute atomic E-state index is 0.313. The zero-order chi connectivity index (χ0) is 9.84. The van der Waals surface area contributed by atoms with Gasteiger partial charge in [0.25, 0.3) is 0 Å². The molecule has 1 unspecified atom stereocenters. The third-order valence-electron chi connectivity index (χ3n) is 1.82. The first-order valence-corrected chi connectivity index (χ1v) is 3.79. The van der Waals surface area contributed by atoms with Gasteiger partial charge in [0.05, 0.1) is 6.42 Å². The van der Waals surface area contributed by atoms with Crippen LogP contribution in [0.1, 0.15) is 6.42 Å². The van der Waals surface area contributed by atoms with Gasteiger partial charge in [-0.3, -0.25) is 14.4 Å². The van der Waals surface area contributed by atoms with Crippen molar-refractivity contribution >= 4 is 18.3 Å². The van der Waals surface area contributed by atoms with Gasteiger partial charge in [0.15, 0.2) is 0 Å². The molecule has 13 heavy (non-hydrogen) atoms.